The van der Waals surface area contributed by atoms with Crippen molar-refractivity contribution >= 4 is 35.4 Å². The number of nitrogens with one attached hydrogen (secondary N) is 2. The Bertz CT molecular complexity index is 765. The number of carbonyl (C=O) groups excluding carboxylic acids is 3. The molecule has 7 nitrogen and oxygen atoms in total. The quantitative estimate of drug-likeness (QED) is 0.533. The van der Waals surface area contributed by atoms with Crippen molar-refractivity contribution in [2.75, 3.05) is 24.3 Å². The van der Waals surface area contributed by atoms with E-state index in [1.54, 1.807) is 30.3 Å². The molecule has 0 unspecified atom stereocenters. The van der Waals surface area contributed by atoms with Crippen LogP contribution in [0.3, 0.4) is 0 Å². The average Bonchev–Trinajstić information content (AvgIpc) is 2.67. The largest absolute Gasteiger partial charge is 0.494 e. The molecule has 0 heterocycles. The highest BCUT2D eigenvalue weighted by Gasteiger charge is 2.11. The number of para-hydroxylation sites is 1. The Labute approximate surface area is 161 Å². The van der Waals surface area contributed by atoms with Gasteiger partial charge in [-0.3, -0.25) is 14.9 Å². The number of hydrogen-bond donors (Lipinski definition) is 2. The zero-order valence-electron chi connectivity index (χ0n) is 14.8. The van der Waals surface area contributed by atoms with Gasteiger partial charge >= 0.3 is 12.0 Å². The number of esters is 1. The van der Waals surface area contributed by atoms with E-state index in [9.17, 15) is 14.4 Å². The van der Waals surface area contributed by atoms with Crippen LogP contribution in [-0.4, -0.2) is 36.9 Å². The Morgan fingerprint density at radius 1 is 1.00 bits per heavy atom. The summed E-state index contributed by atoms with van der Waals surface area (Å²) in [6.45, 7) is 1.97. The Morgan fingerprint density at radius 3 is 2.37 bits per heavy atom. The molecule has 142 valence electrons. The molecule has 0 aromatic heterocycles. The van der Waals surface area contributed by atoms with E-state index in [1.165, 1.54) is 11.8 Å². The second-order valence-electron chi connectivity index (χ2n) is 5.22. The van der Waals surface area contributed by atoms with E-state index < -0.39 is 24.5 Å². The number of hydrogen-bond acceptors (Lipinski definition) is 6. The average molecular weight is 388 g/mol. The summed E-state index contributed by atoms with van der Waals surface area (Å²) < 4.78 is 10.2. The summed E-state index contributed by atoms with van der Waals surface area (Å²) in [5.74, 6) is -0.442. The molecule has 0 fully saturated rings. The van der Waals surface area contributed by atoms with E-state index >= 15 is 0 Å². The molecule has 0 bridgehead atoms. The van der Waals surface area contributed by atoms with Crippen LogP contribution < -0.4 is 15.4 Å². The predicted molar refractivity (Wildman–Crippen MR) is 103 cm³/mol. The number of amides is 3. The van der Waals surface area contributed by atoms with E-state index in [0.29, 0.717) is 12.3 Å². The van der Waals surface area contributed by atoms with Gasteiger partial charge in [0, 0.05) is 10.6 Å². The maximum Gasteiger partial charge on any atom is 0.325 e. The first-order valence-corrected chi connectivity index (χ1v) is 9.22. The molecule has 2 aromatic rings. The zero-order valence-corrected chi connectivity index (χ0v) is 15.6. The molecule has 0 aliphatic heterocycles. The van der Waals surface area contributed by atoms with Crippen LogP contribution in [0.15, 0.2) is 59.5 Å². The molecule has 0 saturated heterocycles. The fourth-order valence-corrected chi connectivity index (χ4v) is 2.67. The van der Waals surface area contributed by atoms with Crippen LogP contribution in [0.5, 0.6) is 5.75 Å². The van der Waals surface area contributed by atoms with Crippen molar-refractivity contribution in [2.24, 2.45) is 0 Å². The highest BCUT2D eigenvalue weighted by Crippen LogP contribution is 2.21. The van der Waals surface area contributed by atoms with Gasteiger partial charge in [-0.15, -0.1) is 11.8 Å². The molecule has 0 saturated carbocycles. The smallest absolute Gasteiger partial charge is 0.325 e. The van der Waals surface area contributed by atoms with E-state index in [1.807, 2.05) is 31.2 Å². The summed E-state index contributed by atoms with van der Waals surface area (Å²) in [6.07, 6.45) is 0. The van der Waals surface area contributed by atoms with Crippen LogP contribution in [0.2, 0.25) is 0 Å². The number of ether oxygens (including phenoxy) is 2. The minimum absolute atomic E-state index is 0.0530. The fraction of sp³-hybridized carbons (Fsp3) is 0.211. The van der Waals surface area contributed by atoms with Crippen LogP contribution >= 0.6 is 11.8 Å². The molecule has 0 spiro atoms. The van der Waals surface area contributed by atoms with Gasteiger partial charge in [0.2, 0.25) is 0 Å². The van der Waals surface area contributed by atoms with Crippen molar-refractivity contribution in [3.8, 4) is 5.75 Å². The minimum Gasteiger partial charge on any atom is -0.494 e. The van der Waals surface area contributed by atoms with Crippen molar-refractivity contribution in [2.45, 2.75) is 11.8 Å². The molecule has 2 N–H and O–H groups in total. The van der Waals surface area contributed by atoms with Crippen molar-refractivity contribution in [1.29, 1.82) is 0 Å². The third-order valence-corrected chi connectivity index (χ3v) is 4.13. The Kier molecular flexibility index (Phi) is 8.18. The number of urea groups is 1. The highest BCUT2D eigenvalue weighted by molar-refractivity contribution is 8.00. The van der Waals surface area contributed by atoms with Gasteiger partial charge in [0.05, 0.1) is 12.4 Å². The van der Waals surface area contributed by atoms with Gasteiger partial charge in [-0.25, -0.2) is 4.79 Å². The number of thioether (sulfide) groups is 1. The molecular formula is C19H20N2O5S. The van der Waals surface area contributed by atoms with Gasteiger partial charge in [0.1, 0.15) is 5.75 Å². The maximum absolute atomic E-state index is 11.7. The molecule has 0 aliphatic carbocycles. The summed E-state index contributed by atoms with van der Waals surface area (Å²) in [4.78, 5) is 35.9. The molecule has 0 radical (unpaired) electrons. The minimum atomic E-state index is -0.706. The number of imide groups is 1. The van der Waals surface area contributed by atoms with Crippen LogP contribution in [-0.2, 0) is 14.3 Å². The van der Waals surface area contributed by atoms with Gasteiger partial charge in [-0.2, -0.15) is 0 Å². The lowest BCUT2D eigenvalue weighted by molar-refractivity contribution is -0.145. The van der Waals surface area contributed by atoms with E-state index in [0.717, 1.165) is 10.6 Å². The third-order valence-electron chi connectivity index (χ3n) is 3.14. The second kappa shape index (κ2) is 10.9. The molecule has 2 rings (SSSR count). The Hall–Kier alpha value is -3.00. The topological polar surface area (TPSA) is 93.7 Å². The Morgan fingerprint density at radius 2 is 1.70 bits per heavy atom. The highest BCUT2D eigenvalue weighted by atomic mass is 32.2. The summed E-state index contributed by atoms with van der Waals surface area (Å²) in [6, 6.07) is 15.3. The first-order chi connectivity index (χ1) is 13.1. The van der Waals surface area contributed by atoms with Crippen molar-refractivity contribution in [1.82, 2.24) is 5.32 Å². The fourth-order valence-electron chi connectivity index (χ4n) is 1.98. The van der Waals surface area contributed by atoms with Gasteiger partial charge in [-0.1, -0.05) is 18.2 Å². The second-order valence-corrected chi connectivity index (χ2v) is 6.27. The lowest BCUT2D eigenvalue weighted by Crippen LogP contribution is -2.37. The van der Waals surface area contributed by atoms with Crippen LogP contribution in [0.1, 0.15) is 6.92 Å². The van der Waals surface area contributed by atoms with Gasteiger partial charge < -0.3 is 14.8 Å². The lowest BCUT2D eigenvalue weighted by atomic mass is 10.3. The standard InChI is InChI=1S/C19H20N2O5S/c1-2-25-15-8-10-16(11-9-15)27-13-18(23)26-12-17(22)21-19(24)20-14-6-4-3-5-7-14/h3-11H,2,12-13H2,1H3,(H2,20,21,22,24). The molecule has 0 atom stereocenters. The normalized spacial score (nSPS) is 9.96. The van der Waals surface area contributed by atoms with Gasteiger partial charge in [0.15, 0.2) is 6.61 Å². The van der Waals surface area contributed by atoms with Crippen LogP contribution in [0, 0.1) is 0 Å². The monoisotopic (exact) mass is 388 g/mol. The number of anilines is 1. The first-order valence-electron chi connectivity index (χ1n) is 8.24. The molecule has 3 amide bonds. The van der Waals surface area contributed by atoms with Gasteiger partial charge in [0.25, 0.3) is 5.91 Å². The van der Waals surface area contributed by atoms with Crippen LogP contribution in [0.25, 0.3) is 0 Å². The van der Waals surface area contributed by atoms with Gasteiger partial charge in [-0.05, 0) is 43.3 Å². The van der Waals surface area contributed by atoms with Crippen molar-refractivity contribution in [3.05, 3.63) is 54.6 Å². The predicted octanol–water partition coefficient (Wildman–Crippen LogP) is 3.07. The molecular weight excluding hydrogens is 368 g/mol. The van der Waals surface area contributed by atoms with E-state index in [-0.39, 0.29) is 5.75 Å². The first kappa shape index (κ1) is 20.3. The lowest BCUT2D eigenvalue weighted by Gasteiger charge is -2.08. The number of rotatable bonds is 8. The summed E-state index contributed by atoms with van der Waals surface area (Å²) >= 11 is 1.28. The van der Waals surface area contributed by atoms with Crippen molar-refractivity contribution < 1.29 is 23.9 Å². The molecule has 27 heavy (non-hydrogen) atoms. The molecule has 0 aliphatic rings. The summed E-state index contributed by atoms with van der Waals surface area (Å²) in [5, 5.41) is 4.58. The zero-order chi connectivity index (χ0) is 19.5. The molecule has 8 heteroatoms. The van der Waals surface area contributed by atoms with Crippen LogP contribution in [0.4, 0.5) is 10.5 Å². The summed E-state index contributed by atoms with van der Waals surface area (Å²) in [5.41, 5.74) is 0.548. The van der Waals surface area contributed by atoms with Crippen molar-refractivity contribution in [3.63, 3.8) is 0 Å². The molecule has 2 aromatic carbocycles. The number of benzene rings is 2. The SMILES string of the molecule is CCOc1ccc(SCC(=O)OCC(=O)NC(=O)Nc2ccccc2)cc1. The number of carbonyl (C=O) groups is 3. The van der Waals surface area contributed by atoms with E-state index in [4.69, 9.17) is 9.47 Å². The summed E-state index contributed by atoms with van der Waals surface area (Å²) in [7, 11) is 0. The third kappa shape index (κ3) is 7.83. The van der Waals surface area contributed by atoms with E-state index in [2.05, 4.69) is 10.6 Å². The maximum atomic E-state index is 11.7. The Balaban J connectivity index is 1.65.